The highest BCUT2D eigenvalue weighted by Crippen LogP contribution is 2.40. The van der Waals surface area contributed by atoms with Gasteiger partial charge in [-0.3, -0.25) is 19.0 Å². The van der Waals surface area contributed by atoms with Gasteiger partial charge in [0.25, 0.3) is 11.8 Å². The highest BCUT2D eigenvalue weighted by Gasteiger charge is 2.35. The number of aromatic nitrogens is 3. The molecule has 1 aromatic heterocycles. The highest BCUT2D eigenvalue weighted by atomic mass is 16.5. The maximum absolute atomic E-state index is 13.6. The number of carbonyl (C=O) groups excluding carboxylic acids is 3. The number of piperidine rings is 1. The van der Waals surface area contributed by atoms with Gasteiger partial charge >= 0.3 is 0 Å². The molecule has 0 spiro atoms. The minimum absolute atomic E-state index is 0.0577. The van der Waals surface area contributed by atoms with Crippen LogP contribution in [0.15, 0.2) is 102 Å². The predicted octanol–water partition coefficient (Wildman–Crippen LogP) is 4.62. The van der Waals surface area contributed by atoms with Crippen molar-refractivity contribution in [1.82, 2.24) is 30.3 Å². The lowest BCUT2D eigenvalue weighted by Gasteiger charge is -2.32. The second-order valence-corrected chi connectivity index (χ2v) is 16.5. The number of likely N-dealkylation sites (tertiary alicyclic amines) is 1. The van der Waals surface area contributed by atoms with Crippen LogP contribution in [0.4, 0.5) is 0 Å². The third kappa shape index (κ3) is 12.5. The van der Waals surface area contributed by atoms with Crippen LogP contribution in [0.25, 0.3) is 27.5 Å². The Balaban J connectivity index is 1.17. The Morgan fingerprint density at radius 3 is 2.03 bits per heavy atom. The van der Waals surface area contributed by atoms with E-state index in [2.05, 4.69) is 44.7 Å². The minimum Gasteiger partial charge on any atom is -0.488 e. The average molecular weight is 904 g/mol. The molecule has 6 N–H and O–H groups in total. The monoisotopic (exact) mass is 903 g/mol. The molecule has 2 heterocycles. The van der Waals surface area contributed by atoms with Gasteiger partial charge in [0.15, 0.2) is 11.9 Å². The number of hydrogen-bond acceptors (Lipinski definition) is 12. The van der Waals surface area contributed by atoms with E-state index in [-0.39, 0.29) is 36.1 Å². The summed E-state index contributed by atoms with van der Waals surface area (Å²) in [5.41, 5.74) is 13.7. The highest BCUT2D eigenvalue weighted by molar-refractivity contribution is 5.92. The lowest BCUT2D eigenvalue weighted by atomic mass is 9.90. The topological polar surface area (TPSA) is 257 Å². The number of hydrogen-bond donors (Lipinski definition) is 6. The van der Waals surface area contributed by atoms with Crippen molar-refractivity contribution >= 4 is 17.7 Å². The quantitative estimate of drug-likeness (QED) is 0.0337. The average Bonchev–Trinajstić information content (AvgIpc) is 3.79. The van der Waals surface area contributed by atoms with Crippen molar-refractivity contribution in [1.29, 1.82) is 0 Å². The Bertz CT molecular complexity index is 2440. The van der Waals surface area contributed by atoms with E-state index in [4.69, 9.17) is 15.0 Å². The molecule has 18 heteroatoms. The Labute approximate surface area is 382 Å². The van der Waals surface area contributed by atoms with Gasteiger partial charge < -0.3 is 45.4 Å². The molecule has 4 aromatic carbocycles. The first-order valence-corrected chi connectivity index (χ1v) is 22.0. The van der Waals surface area contributed by atoms with Gasteiger partial charge in [-0.05, 0) is 84.0 Å². The second kappa shape index (κ2) is 23.4. The normalized spacial score (nSPS) is 14.7. The Morgan fingerprint density at radius 2 is 1.44 bits per heavy atom. The fourth-order valence-electron chi connectivity index (χ4n) is 7.69. The van der Waals surface area contributed by atoms with Crippen LogP contribution in [0.2, 0.25) is 0 Å². The largest absolute Gasteiger partial charge is 0.488 e. The number of aliphatic hydroxyl groups is 4. The zero-order valence-electron chi connectivity index (χ0n) is 37.2. The number of ether oxygens (including phenoxy) is 2. The number of aliphatic hydroxyl groups excluding tert-OH is 4. The number of rotatable bonds is 21. The van der Waals surface area contributed by atoms with Gasteiger partial charge in [0.1, 0.15) is 36.9 Å². The summed E-state index contributed by atoms with van der Waals surface area (Å²) in [6, 6.07) is 31.6. The molecule has 1 aliphatic rings. The maximum Gasteiger partial charge on any atom is 0.289 e. The number of carbonyl (C=O) groups is 3. The van der Waals surface area contributed by atoms with Gasteiger partial charge in [0.2, 0.25) is 11.7 Å². The van der Waals surface area contributed by atoms with E-state index >= 15 is 0 Å². The minimum atomic E-state index is -2.14. The van der Waals surface area contributed by atoms with Crippen LogP contribution in [0, 0.1) is 5.92 Å². The zero-order chi connectivity index (χ0) is 47.2. The van der Waals surface area contributed by atoms with E-state index in [1.54, 1.807) is 9.47 Å². The molecular weight excluding hydrogens is 847 g/mol. The van der Waals surface area contributed by atoms with Crippen LogP contribution < -0.4 is 20.1 Å². The summed E-state index contributed by atoms with van der Waals surface area (Å²) < 4.78 is 14.7. The van der Waals surface area contributed by atoms with E-state index < -0.39 is 43.4 Å². The van der Waals surface area contributed by atoms with Gasteiger partial charge in [0.05, 0.1) is 24.8 Å². The molecule has 5 aromatic rings. The van der Waals surface area contributed by atoms with Crippen LogP contribution in [0.1, 0.15) is 72.4 Å². The molecular formula is C48H57N9O9. The third-order valence-electron chi connectivity index (χ3n) is 11.4. The summed E-state index contributed by atoms with van der Waals surface area (Å²) in [4.78, 5) is 43.0. The van der Waals surface area contributed by atoms with Crippen molar-refractivity contribution < 1.29 is 44.3 Å². The first-order valence-electron chi connectivity index (χ1n) is 22.0. The SMILES string of the molecule is CCNC(=O)c1nnc(-c2cc(C(C)C)c(OCc3ccccc3)cc2OCc2ccccc2)n1-c1ccc(CC2CCN(C(=O)CNC(=O)[C@H](O)[C@@H](O)[C@H](O)[C@H](O)CN=[N+]=[N-])CC2)cc1. The molecule has 1 aliphatic heterocycles. The molecule has 0 aliphatic carbocycles. The van der Waals surface area contributed by atoms with Crippen molar-refractivity contribution in [2.75, 3.05) is 32.7 Å². The Morgan fingerprint density at radius 1 is 0.818 bits per heavy atom. The molecule has 0 bridgehead atoms. The summed E-state index contributed by atoms with van der Waals surface area (Å²) in [5.74, 6) is 0.152. The molecule has 3 amide bonds. The van der Waals surface area contributed by atoms with Crippen molar-refractivity contribution in [3.05, 3.63) is 136 Å². The van der Waals surface area contributed by atoms with Crippen LogP contribution in [0.3, 0.4) is 0 Å². The van der Waals surface area contributed by atoms with Crippen LogP contribution in [-0.2, 0) is 29.2 Å². The molecule has 0 unspecified atom stereocenters. The summed E-state index contributed by atoms with van der Waals surface area (Å²) in [6.07, 6.45) is -5.80. The molecule has 6 rings (SSSR count). The second-order valence-electron chi connectivity index (χ2n) is 16.5. The van der Waals surface area contributed by atoms with Crippen LogP contribution in [0.5, 0.6) is 11.5 Å². The van der Waals surface area contributed by atoms with Crippen molar-refractivity contribution in [2.45, 2.75) is 83.6 Å². The molecule has 0 saturated carbocycles. The van der Waals surface area contributed by atoms with E-state index in [0.717, 1.165) is 28.7 Å². The van der Waals surface area contributed by atoms with Crippen LogP contribution in [-0.4, -0.2) is 115 Å². The Hall–Kier alpha value is -6.82. The molecule has 1 fully saturated rings. The predicted molar refractivity (Wildman–Crippen MR) is 244 cm³/mol. The van der Waals surface area contributed by atoms with Gasteiger partial charge in [-0.15, -0.1) is 10.2 Å². The molecule has 4 atom stereocenters. The zero-order valence-corrected chi connectivity index (χ0v) is 37.2. The van der Waals surface area contributed by atoms with Crippen molar-refractivity contribution in [3.8, 4) is 28.6 Å². The number of nitrogens with zero attached hydrogens (tertiary/aromatic N) is 7. The lowest BCUT2D eigenvalue weighted by Crippen LogP contribution is -2.53. The van der Waals surface area contributed by atoms with Gasteiger partial charge in [-0.2, -0.15) is 0 Å². The van der Waals surface area contributed by atoms with E-state index in [0.29, 0.717) is 67.7 Å². The summed E-state index contributed by atoms with van der Waals surface area (Å²) in [6.45, 7) is 6.91. The molecule has 348 valence electrons. The standard InChI is InChI=1S/C48H57N9O9/c1-4-50-48(64)46-54-53-45(37-24-36(30(2)3)39(65-28-33-11-7-5-8-12-33)25-40(37)66-29-34-13-9-6-10-14-34)57(46)35-17-15-31(16-18-35)23-32-19-21-56(22-20-32)41(59)27-51-47(63)44(62)43(61)42(60)38(58)26-52-55-49/h5-18,24-25,30,32,38,42-44,58,60-62H,4,19-23,26-29H2,1-3H3,(H,50,64)(H,51,63)/t38-,42-,43+,44-/m1/s1. The van der Waals surface area contributed by atoms with Gasteiger partial charge in [-0.25, -0.2) is 0 Å². The molecule has 0 radical (unpaired) electrons. The van der Waals surface area contributed by atoms with Crippen molar-refractivity contribution in [3.63, 3.8) is 0 Å². The summed E-state index contributed by atoms with van der Waals surface area (Å²) >= 11 is 0. The van der Waals surface area contributed by atoms with E-state index in [1.165, 1.54) is 0 Å². The molecule has 18 nitrogen and oxygen atoms in total. The summed E-state index contributed by atoms with van der Waals surface area (Å²) in [7, 11) is 0. The molecule has 66 heavy (non-hydrogen) atoms. The lowest BCUT2D eigenvalue weighted by molar-refractivity contribution is -0.148. The smallest absolute Gasteiger partial charge is 0.289 e. The third-order valence-corrected chi connectivity index (χ3v) is 11.4. The maximum atomic E-state index is 13.6. The van der Waals surface area contributed by atoms with E-state index in [9.17, 15) is 34.8 Å². The number of nitrogens with one attached hydrogen (secondary N) is 2. The fraction of sp³-hybridized carbons (Fsp3) is 0.396. The van der Waals surface area contributed by atoms with E-state index in [1.807, 2.05) is 104 Å². The van der Waals surface area contributed by atoms with Crippen molar-refractivity contribution in [2.24, 2.45) is 11.0 Å². The van der Waals surface area contributed by atoms with Gasteiger partial charge in [-0.1, -0.05) is 91.8 Å². The van der Waals surface area contributed by atoms with Crippen LogP contribution >= 0.6 is 0 Å². The number of azide groups is 1. The first-order chi connectivity index (χ1) is 31.9. The number of benzene rings is 4. The van der Waals surface area contributed by atoms with Gasteiger partial charge in [0, 0.05) is 36.3 Å². The summed E-state index contributed by atoms with van der Waals surface area (Å²) in [5, 5.41) is 57.4. The fourth-order valence-corrected chi connectivity index (χ4v) is 7.69. The number of amides is 3. The Kier molecular flexibility index (Phi) is 17.2. The first kappa shape index (κ1) is 48.6. The molecule has 1 saturated heterocycles.